The summed E-state index contributed by atoms with van der Waals surface area (Å²) in [6, 6.07) is 3.73. The molecule has 0 bridgehead atoms. The Morgan fingerprint density at radius 3 is 2.75 bits per heavy atom. The van der Waals surface area contributed by atoms with Gasteiger partial charge in [-0.25, -0.2) is 9.67 Å². The van der Waals surface area contributed by atoms with E-state index in [4.69, 9.17) is 4.52 Å². The van der Waals surface area contributed by atoms with Crippen LogP contribution in [0.25, 0.3) is 11.5 Å². The molecule has 1 aliphatic heterocycles. The van der Waals surface area contributed by atoms with Gasteiger partial charge in [0.15, 0.2) is 5.82 Å². The average Bonchev–Trinajstić information content (AvgIpc) is 3.33. The molecule has 28 heavy (non-hydrogen) atoms. The van der Waals surface area contributed by atoms with Gasteiger partial charge in [-0.05, 0) is 38.8 Å². The average molecular weight is 381 g/mol. The second-order valence-electron chi connectivity index (χ2n) is 7.03. The van der Waals surface area contributed by atoms with Gasteiger partial charge in [-0.2, -0.15) is 10.1 Å². The van der Waals surface area contributed by atoms with Crippen molar-refractivity contribution in [2.45, 2.75) is 45.6 Å². The van der Waals surface area contributed by atoms with Crippen molar-refractivity contribution in [2.24, 2.45) is 0 Å². The SMILES string of the molecule is Cc1nc(C)n(CCC(=O)N2CCC(c3noc(-c4cccnc4)n3)CC2)n1. The second-order valence-corrected chi connectivity index (χ2v) is 7.03. The quantitative estimate of drug-likeness (QED) is 0.667. The Hall–Kier alpha value is -3.10. The number of rotatable bonds is 5. The number of hydrogen-bond donors (Lipinski definition) is 0. The van der Waals surface area contributed by atoms with E-state index >= 15 is 0 Å². The van der Waals surface area contributed by atoms with Gasteiger partial charge in [0, 0.05) is 37.8 Å². The molecule has 1 amide bonds. The Bertz CT molecular complexity index is 942. The molecule has 0 saturated carbocycles. The third-order valence-electron chi connectivity index (χ3n) is 5.06. The van der Waals surface area contributed by atoms with Crippen LogP contribution in [0.15, 0.2) is 29.0 Å². The number of hydrogen-bond acceptors (Lipinski definition) is 7. The first-order valence-corrected chi connectivity index (χ1v) is 9.50. The largest absolute Gasteiger partial charge is 0.343 e. The van der Waals surface area contributed by atoms with Gasteiger partial charge in [0.1, 0.15) is 11.6 Å². The van der Waals surface area contributed by atoms with Crippen molar-refractivity contribution in [3.63, 3.8) is 0 Å². The summed E-state index contributed by atoms with van der Waals surface area (Å²) in [6.07, 6.45) is 5.51. The highest BCUT2D eigenvalue weighted by molar-refractivity contribution is 5.76. The fourth-order valence-corrected chi connectivity index (χ4v) is 3.53. The van der Waals surface area contributed by atoms with Crippen LogP contribution in [0.1, 0.15) is 42.7 Å². The summed E-state index contributed by atoms with van der Waals surface area (Å²) < 4.78 is 7.17. The van der Waals surface area contributed by atoms with Crippen molar-refractivity contribution in [1.82, 2.24) is 34.8 Å². The number of aryl methyl sites for hydroxylation is 3. The van der Waals surface area contributed by atoms with Crippen LogP contribution in [0, 0.1) is 13.8 Å². The van der Waals surface area contributed by atoms with Gasteiger partial charge in [-0.15, -0.1) is 0 Å². The van der Waals surface area contributed by atoms with Crippen LogP contribution < -0.4 is 0 Å². The van der Waals surface area contributed by atoms with E-state index in [1.54, 1.807) is 17.1 Å². The third-order valence-corrected chi connectivity index (χ3v) is 5.06. The molecule has 0 radical (unpaired) electrons. The van der Waals surface area contributed by atoms with Crippen molar-refractivity contribution in [1.29, 1.82) is 0 Å². The lowest BCUT2D eigenvalue weighted by Gasteiger charge is -2.30. The minimum absolute atomic E-state index is 0.148. The molecule has 0 spiro atoms. The molecule has 0 aromatic carbocycles. The van der Waals surface area contributed by atoms with Gasteiger partial charge >= 0.3 is 0 Å². The molecule has 9 heteroatoms. The summed E-state index contributed by atoms with van der Waals surface area (Å²) in [5, 5.41) is 8.45. The molecule has 1 fully saturated rings. The van der Waals surface area contributed by atoms with Gasteiger partial charge < -0.3 is 9.42 Å². The maximum absolute atomic E-state index is 12.5. The molecule has 0 unspecified atom stereocenters. The van der Waals surface area contributed by atoms with Crippen LogP contribution in [0.2, 0.25) is 0 Å². The molecule has 0 atom stereocenters. The Balaban J connectivity index is 1.30. The standard InChI is InChI=1S/C19H23N7O2/c1-13-21-14(2)26(23-13)11-7-17(27)25-9-5-15(6-10-25)18-22-19(28-24-18)16-4-3-8-20-12-16/h3-4,8,12,15H,5-7,9-11H2,1-2H3. The van der Waals surface area contributed by atoms with Crippen molar-refractivity contribution >= 4 is 5.91 Å². The van der Waals surface area contributed by atoms with Gasteiger partial charge in [0.25, 0.3) is 5.89 Å². The Morgan fingerprint density at radius 2 is 2.07 bits per heavy atom. The molecule has 1 aliphatic rings. The summed E-state index contributed by atoms with van der Waals surface area (Å²) in [6.45, 7) is 5.73. The van der Waals surface area contributed by atoms with Gasteiger partial charge in [0.05, 0.1) is 12.1 Å². The lowest BCUT2D eigenvalue weighted by Crippen LogP contribution is -2.38. The van der Waals surface area contributed by atoms with Gasteiger partial charge in [-0.1, -0.05) is 5.16 Å². The highest BCUT2D eigenvalue weighted by atomic mass is 16.5. The van der Waals surface area contributed by atoms with Crippen LogP contribution in [0.5, 0.6) is 0 Å². The highest BCUT2D eigenvalue weighted by Gasteiger charge is 2.27. The molecular weight excluding hydrogens is 358 g/mol. The summed E-state index contributed by atoms with van der Waals surface area (Å²) in [5.74, 6) is 3.12. The van der Waals surface area contributed by atoms with Crippen LogP contribution in [0.4, 0.5) is 0 Å². The molecule has 3 aromatic heterocycles. The lowest BCUT2D eigenvalue weighted by atomic mass is 9.96. The zero-order valence-electron chi connectivity index (χ0n) is 16.1. The first-order valence-electron chi connectivity index (χ1n) is 9.50. The predicted octanol–water partition coefficient (Wildman–Crippen LogP) is 2.14. The molecule has 4 heterocycles. The number of aromatic nitrogens is 6. The maximum atomic E-state index is 12.5. The van der Waals surface area contributed by atoms with E-state index in [0.717, 1.165) is 30.1 Å². The number of likely N-dealkylation sites (tertiary alicyclic amines) is 1. The molecule has 146 valence electrons. The summed E-state index contributed by atoms with van der Waals surface area (Å²) >= 11 is 0. The van der Waals surface area contributed by atoms with E-state index in [1.807, 2.05) is 30.9 Å². The van der Waals surface area contributed by atoms with Crippen molar-refractivity contribution in [3.05, 3.63) is 42.0 Å². The van der Waals surface area contributed by atoms with Crippen LogP contribution >= 0.6 is 0 Å². The zero-order chi connectivity index (χ0) is 19.5. The number of piperidine rings is 1. The highest BCUT2D eigenvalue weighted by Crippen LogP contribution is 2.28. The first-order chi connectivity index (χ1) is 13.6. The van der Waals surface area contributed by atoms with Crippen molar-refractivity contribution < 1.29 is 9.32 Å². The first kappa shape index (κ1) is 18.3. The topological polar surface area (TPSA) is 103 Å². The van der Waals surface area contributed by atoms with Gasteiger partial charge in [-0.3, -0.25) is 9.78 Å². The minimum atomic E-state index is 0.148. The van der Waals surface area contributed by atoms with Crippen molar-refractivity contribution in [2.75, 3.05) is 13.1 Å². The predicted molar refractivity (Wildman–Crippen MR) is 100 cm³/mol. The summed E-state index contributed by atoms with van der Waals surface area (Å²) in [7, 11) is 0. The van der Waals surface area contributed by atoms with Crippen LogP contribution in [0.3, 0.4) is 0 Å². The number of nitrogens with zero attached hydrogens (tertiary/aromatic N) is 7. The normalized spacial score (nSPS) is 15.1. The second kappa shape index (κ2) is 7.87. The van der Waals surface area contributed by atoms with E-state index in [9.17, 15) is 4.79 Å². The number of pyridine rings is 1. The molecule has 1 saturated heterocycles. The smallest absolute Gasteiger partial charge is 0.259 e. The summed E-state index contributed by atoms with van der Waals surface area (Å²) in [4.78, 5) is 27.3. The van der Waals surface area contributed by atoms with E-state index in [-0.39, 0.29) is 11.8 Å². The summed E-state index contributed by atoms with van der Waals surface area (Å²) in [5.41, 5.74) is 0.813. The third kappa shape index (κ3) is 3.92. The van der Waals surface area contributed by atoms with Crippen LogP contribution in [-0.2, 0) is 11.3 Å². The number of amides is 1. The Morgan fingerprint density at radius 1 is 1.25 bits per heavy atom. The fourth-order valence-electron chi connectivity index (χ4n) is 3.53. The molecular formula is C19H23N7O2. The van der Waals surface area contributed by atoms with E-state index in [2.05, 4.69) is 25.2 Å². The molecule has 0 aliphatic carbocycles. The van der Waals surface area contributed by atoms with Crippen molar-refractivity contribution in [3.8, 4) is 11.5 Å². The number of carbonyl (C=O) groups is 1. The fraction of sp³-hybridized carbons (Fsp3) is 0.474. The monoisotopic (exact) mass is 381 g/mol. The molecule has 0 N–H and O–H groups in total. The minimum Gasteiger partial charge on any atom is -0.343 e. The van der Waals surface area contributed by atoms with E-state index < -0.39 is 0 Å². The molecule has 9 nitrogen and oxygen atoms in total. The molecule has 4 rings (SSSR count). The van der Waals surface area contributed by atoms with Crippen LogP contribution in [-0.4, -0.2) is 53.8 Å². The van der Waals surface area contributed by atoms with E-state index in [1.165, 1.54) is 0 Å². The van der Waals surface area contributed by atoms with Gasteiger partial charge in [0.2, 0.25) is 5.91 Å². The maximum Gasteiger partial charge on any atom is 0.259 e. The Labute approximate surface area is 162 Å². The molecule has 3 aromatic rings. The van der Waals surface area contributed by atoms with E-state index in [0.29, 0.717) is 37.8 Å². The zero-order valence-corrected chi connectivity index (χ0v) is 16.1. The Kier molecular flexibility index (Phi) is 5.14. The number of carbonyl (C=O) groups excluding carboxylic acids is 1. The lowest BCUT2D eigenvalue weighted by molar-refractivity contribution is -0.132.